The summed E-state index contributed by atoms with van der Waals surface area (Å²) in [5, 5.41) is 3.56. The van der Waals surface area contributed by atoms with Crippen LogP contribution in [0, 0.1) is 11.3 Å². The van der Waals surface area contributed by atoms with E-state index in [9.17, 15) is 0 Å². The van der Waals surface area contributed by atoms with Gasteiger partial charge in [-0.15, -0.1) is 24.0 Å². The van der Waals surface area contributed by atoms with Gasteiger partial charge in [-0.3, -0.25) is 0 Å². The zero-order chi connectivity index (χ0) is 17.6. The highest BCUT2D eigenvalue weighted by molar-refractivity contribution is 14.0. The Bertz CT molecular complexity index is 525. The van der Waals surface area contributed by atoms with Gasteiger partial charge in [0, 0.05) is 33.2 Å². The highest BCUT2D eigenvalue weighted by Gasteiger charge is 2.35. The van der Waals surface area contributed by atoms with E-state index in [1.807, 2.05) is 20.2 Å². The summed E-state index contributed by atoms with van der Waals surface area (Å²) in [5.74, 6) is 1.47. The number of guanidine groups is 1. The maximum Gasteiger partial charge on any atom is 0.193 e. The molecule has 0 bridgehead atoms. The second-order valence-electron chi connectivity index (χ2n) is 7.96. The molecule has 0 aromatic heterocycles. The van der Waals surface area contributed by atoms with Crippen molar-refractivity contribution in [3.05, 3.63) is 35.9 Å². The minimum atomic E-state index is 0. The number of nitrogens with zero attached hydrogens (tertiary/aromatic N) is 2. The van der Waals surface area contributed by atoms with E-state index in [-0.39, 0.29) is 29.4 Å². The van der Waals surface area contributed by atoms with Crippen LogP contribution in [0.3, 0.4) is 0 Å². The fourth-order valence-electron chi connectivity index (χ4n) is 3.34. The summed E-state index contributed by atoms with van der Waals surface area (Å²) < 4.78 is 6.08. The molecule has 0 amide bonds. The van der Waals surface area contributed by atoms with Gasteiger partial charge in [0.1, 0.15) is 0 Å². The van der Waals surface area contributed by atoms with Gasteiger partial charge in [-0.25, -0.2) is 4.99 Å². The number of nitrogens with one attached hydrogen (secondary N) is 1. The van der Waals surface area contributed by atoms with Gasteiger partial charge in [-0.2, -0.15) is 0 Å². The van der Waals surface area contributed by atoms with Crippen molar-refractivity contribution in [2.75, 3.05) is 27.2 Å². The maximum absolute atomic E-state index is 6.08. The Labute approximate surface area is 170 Å². The van der Waals surface area contributed by atoms with Gasteiger partial charge in [-0.05, 0) is 23.8 Å². The molecule has 5 heteroatoms. The van der Waals surface area contributed by atoms with Crippen LogP contribution in [0.25, 0.3) is 0 Å². The predicted octanol–water partition coefficient (Wildman–Crippen LogP) is 4.15. The number of aliphatic imine (C=N–C) groups is 1. The first kappa shape index (κ1) is 22.2. The van der Waals surface area contributed by atoms with Crippen molar-refractivity contribution in [2.45, 2.75) is 46.3 Å². The van der Waals surface area contributed by atoms with Crippen molar-refractivity contribution >= 4 is 29.9 Å². The Morgan fingerprint density at radius 2 is 1.92 bits per heavy atom. The lowest BCUT2D eigenvalue weighted by molar-refractivity contribution is -0.0836. The molecule has 1 aliphatic heterocycles. The lowest BCUT2D eigenvalue weighted by atomic mass is 9.78. The van der Waals surface area contributed by atoms with Gasteiger partial charge in [0.25, 0.3) is 0 Å². The quantitative estimate of drug-likeness (QED) is 0.418. The second kappa shape index (κ2) is 10.4. The molecule has 1 aromatic carbocycles. The zero-order valence-corrected chi connectivity index (χ0v) is 18.6. The molecule has 0 saturated carbocycles. The summed E-state index contributed by atoms with van der Waals surface area (Å²) in [6.45, 7) is 9.31. The largest absolute Gasteiger partial charge is 0.377 e. The Morgan fingerprint density at radius 3 is 2.52 bits per heavy atom. The van der Waals surface area contributed by atoms with E-state index in [1.54, 1.807) is 0 Å². The Morgan fingerprint density at radius 1 is 1.24 bits per heavy atom. The van der Waals surface area contributed by atoms with Gasteiger partial charge in [-0.1, -0.05) is 51.1 Å². The van der Waals surface area contributed by atoms with Crippen LogP contribution in [-0.4, -0.2) is 44.2 Å². The minimum absolute atomic E-state index is 0. The van der Waals surface area contributed by atoms with Gasteiger partial charge in [0.2, 0.25) is 0 Å². The first-order valence-electron chi connectivity index (χ1n) is 8.99. The summed E-state index contributed by atoms with van der Waals surface area (Å²) in [7, 11) is 4.07. The third kappa shape index (κ3) is 7.13. The average molecular weight is 459 g/mol. The summed E-state index contributed by atoms with van der Waals surface area (Å²) in [4.78, 5) is 6.81. The molecule has 1 aliphatic rings. The first-order valence-corrected chi connectivity index (χ1v) is 8.99. The summed E-state index contributed by atoms with van der Waals surface area (Å²) >= 11 is 0. The predicted molar refractivity (Wildman–Crippen MR) is 117 cm³/mol. The molecule has 25 heavy (non-hydrogen) atoms. The van der Waals surface area contributed by atoms with E-state index < -0.39 is 0 Å². The van der Waals surface area contributed by atoms with Crippen molar-refractivity contribution in [1.29, 1.82) is 0 Å². The van der Waals surface area contributed by atoms with Gasteiger partial charge >= 0.3 is 0 Å². The highest BCUT2D eigenvalue weighted by Crippen LogP contribution is 2.33. The number of halogens is 1. The van der Waals surface area contributed by atoms with E-state index in [1.165, 1.54) is 12.0 Å². The van der Waals surface area contributed by atoms with E-state index in [4.69, 9.17) is 9.73 Å². The Balaban J connectivity index is 0.00000312. The van der Waals surface area contributed by atoms with Crippen LogP contribution in [0.4, 0.5) is 0 Å². The fourth-order valence-corrected chi connectivity index (χ4v) is 3.34. The van der Waals surface area contributed by atoms with E-state index in [2.05, 4.69) is 55.3 Å². The molecule has 0 aliphatic carbocycles. The standard InChI is InChI=1S/C20H33N3O.HI/c1-20(2,3)18-17(12-9-13-24-18)15-22-19(23(4)5)21-14-16-10-7-6-8-11-16;/h6-8,10-11,17-18H,9,12-15H2,1-5H3,(H,21,22);1H. The molecule has 2 rings (SSSR count). The number of rotatable bonds is 4. The molecule has 1 N–H and O–H groups in total. The zero-order valence-electron chi connectivity index (χ0n) is 16.3. The third-order valence-corrected chi connectivity index (χ3v) is 4.50. The van der Waals surface area contributed by atoms with E-state index >= 15 is 0 Å². The van der Waals surface area contributed by atoms with Crippen molar-refractivity contribution in [3.8, 4) is 0 Å². The van der Waals surface area contributed by atoms with Gasteiger partial charge in [0.15, 0.2) is 5.96 Å². The lowest BCUT2D eigenvalue weighted by Crippen LogP contribution is -2.47. The minimum Gasteiger partial charge on any atom is -0.377 e. The number of hydrogen-bond acceptors (Lipinski definition) is 2. The monoisotopic (exact) mass is 459 g/mol. The molecule has 1 fully saturated rings. The maximum atomic E-state index is 6.08. The molecule has 0 spiro atoms. The topological polar surface area (TPSA) is 36.9 Å². The lowest BCUT2D eigenvalue weighted by Gasteiger charge is -2.40. The smallest absolute Gasteiger partial charge is 0.193 e. The highest BCUT2D eigenvalue weighted by atomic mass is 127. The summed E-state index contributed by atoms with van der Waals surface area (Å²) in [5.41, 5.74) is 1.40. The molecule has 142 valence electrons. The fraction of sp³-hybridized carbons (Fsp3) is 0.650. The van der Waals surface area contributed by atoms with E-state index in [0.29, 0.717) is 18.6 Å². The van der Waals surface area contributed by atoms with Gasteiger partial charge in [0.05, 0.1) is 12.6 Å². The Kier molecular flexibility index (Phi) is 9.21. The van der Waals surface area contributed by atoms with Crippen LogP contribution >= 0.6 is 24.0 Å². The number of hydrogen-bond donors (Lipinski definition) is 1. The SMILES string of the molecule is CN(C)C(=NCc1ccccc1)NCC1CCCOC1C(C)(C)C.I. The van der Waals surface area contributed by atoms with Crippen LogP contribution in [0.1, 0.15) is 39.2 Å². The number of benzene rings is 1. The summed E-state index contributed by atoms with van der Waals surface area (Å²) in [6.07, 6.45) is 2.67. The molecule has 4 nitrogen and oxygen atoms in total. The van der Waals surface area contributed by atoms with Crippen LogP contribution in [0.5, 0.6) is 0 Å². The van der Waals surface area contributed by atoms with Crippen LogP contribution in [-0.2, 0) is 11.3 Å². The first-order chi connectivity index (χ1) is 11.4. The second-order valence-corrected chi connectivity index (χ2v) is 7.96. The van der Waals surface area contributed by atoms with Crippen molar-refractivity contribution < 1.29 is 4.74 Å². The average Bonchev–Trinajstić information content (AvgIpc) is 2.55. The number of ether oxygens (including phenoxy) is 1. The molecule has 1 aromatic rings. The summed E-state index contributed by atoms with van der Waals surface area (Å²) in [6, 6.07) is 10.4. The molecule has 0 radical (unpaired) electrons. The van der Waals surface area contributed by atoms with Crippen LogP contribution < -0.4 is 5.32 Å². The molecule has 2 unspecified atom stereocenters. The van der Waals surface area contributed by atoms with Crippen molar-refractivity contribution in [3.63, 3.8) is 0 Å². The normalized spacial score (nSPS) is 21.4. The van der Waals surface area contributed by atoms with Gasteiger partial charge < -0.3 is 15.0 Å². The molecular formula is C20H34IN3O. The van der Waals surface area contributed by atoms with E-state index in [0.717, 1.165) is 25.5 Å². The molecule has 1 heterocycles. The third-order valence-electron chi connectivity index (χ3n) is 4.50. The Hall–Kier alpha value is -0.820. The molecule has 1 saturated heterocycles. The molecular weight excluding hydrogens is 425 g/mol. The van der Waals surface area contributed by atoms with Crippen molar-refractivity contribution in [1.82, 2.24) is 10.2 Å². The molecule has 2 atom stereocenters. The van der Waals surface area contributed by atoms with Crippen LogP contribution in [0.2, 0.25) is 0 Å². The van der Waals surface area contributed by atoms with Crippen LogP contribution in [0.15, 0.2) is 35.3 Å². The van der Waals surface area contributed by atoms with Crippen molar-refractivity contribution in [2.24, 2.45) is 16.3 Å².